The Kier molecular flexibility index (Phi) is 6.31. The van der Waals surface area contributed by atoms with Crippen LogP contribution >= 0.6 is 11.6 Å². The molecule has 2 amide bonds. The second-order valence-electron chi connectivity index (χ2n) is 4.98. The van der Waals surface area contributed by atoms with E-state index in [9.17, 15) is 9.59 Å². The number of urea groups is 1. The quantitative estimate of drug-likeness (QED) is 0.754. The molecule has 0 aromatic heterocycles. The average molecular weight is 299 g/mol. The van der Waals surface area contributed by atoms with Crippen molar-refractivity contribution in [3.05, 3.63) is 29.3 Å². The van der Waals surface area contributed by atoms with Gasteiger partial charge in [-0.2, -0.15) is 0 Å². The minimum Gasteiger partial charge on any atom is -0.481 e. The van der Waals surface area contributed by atoms with Crippen LogP contribution in [0.15, 0.2) is 24.3 Å². The normalized spacial score (nSPS) is 12.0. The summed E-state index contributed by atoms with van der Waals surface area (Å²) in [4.78, 5) is 22.8. The van der Waals surface area contributed by atoms with Crippen molar-refractivity contribution in [3.8, 4) is 0 Å². The van der Waals surface area contributed by atoms with Crippen LogP contribution in [0.2, 0.25) is 5.02 Å². The Bertz CT molecular complexity index is 477. The van der Waals surface area contributed by atoms with Crippen molar-refractivity contribution in [2.24, 2.45) is 11.8 Å². The van der Waals surface area contributed by atoms with Crippen LogP contribution in [0.1, 0.15) is 20.3 Å². The van der Waals surface area contributed by atoms with Crippen LogP contribution in [0, 0.1) is 11.8 Å². The third-order valence-corrected chi connectivity index (χ3v) is 3.07. The van der Waals surface area contributed by atoms with Gasteiger partial charge in [0, 0.05) is 6.54 Å². The van der Waals surface area contributed by atoms with Crippen molar-refractivity contribution < 1.29 is 14.7 Å². The van der Waals surface area contributed by atoms with Crippen LogP contribution in [-0.2, 0) is 4.79 Å². The second-order valence-corrected chi connectivity index (χ2v) is 5.39. The largest absolute Gasteiger partial charge is 0.481 e. The minimum atomic E-state index is -0.906. The first-order valence-electron chi connectivity index (χ1n) is 6.42. The van der Waals surface area contributed by atoms with E-state index in [0.717, 1.165) is 0 Å². The summed E-state index contributed by atoms with van der Waals surface area (Å²) in [6.07, 6.45) is 0.516. The van der Waals surface area contributed by atoms with Crippen LogP contribution in [0.4, 0.5) is 10.5 Å². The number of anilines is 1. The molecule has 1 aromatic carbocycles. The van der Waals surface area contributed by atoms with Gasteiger partial charge in [-0.15, -0.1) is 0 Å². The van der Waals surface area contributed by atoms with Gasteiger partial charge >= 0.3 is 12.0 Å². The smallest absolute Gasteiger partial charge is 0.319 e. The maximum absolute atomic E-state index is 11.7. The van der Waals surface area contributed by atoms with E-state index in [1.165, 1.54) is 0 Å². The van der Waals surface area contributed by atoms with Gasteiger partial charge in [-0.25, -0.2) is 4.79 Å². The molecule has 1 rings (SSSR count). The van der Waals surface area contributed by atoms with Gasteiger partial charge in [-0.3, -0.25) is 4.79 Å². The lowest BCUT2D eigenvalue weighted by molar-refractivity contribution is -0.142. The van der Waals surface area contributed by atoms with Gasteiger partial charge in [0.1, 0.15) is 0 Å². The maximum atomic E-state index is 11.7. The number of benzene rings is 1. The highest BCUT2D eigenvalue weighted by atomic mass is 35.5. The molecular formula is C14H19ClN2O3. The third-order valence-electron chi connectivity index (χ3n) is 2.74. The van der Waals surface area contributed by atoms with E-state index in [2.05, 4.69) is 10.6 Å². The fraction of sp³-hybridized carbons (Fsp3) is 0.429. The number of carbonyl (C=O) groups excluding carboxylic acids is 1. The summed E-state index contributed by atoms with van der Waals surface area (Å²) >= 11 is 5.91. The lowest BCUT2D eigenvalue weighted by Crippen LogP contribution is -2.36. The molecule has 20 heavy (non-hydrogen) atoms. The summed E-state index contributed by atoms with van der Waals surface area (Å²) in [5, 5.41) is 14.6. The summed E-state index contributed by atoms with van der Waals surface area (Å²) in [5.41, 5.74) is 0.488. The van der Waals surface area contributed by atoms with Gasteiger partial charge < -0.3 is 15.7 Å². The first-order chi connectivity index (χ1) is 9.40. The number of carboxylic acid groups (broad SMARTS) is 1. The molecule has 1 unspecified atom stereocenters. The molecule has 110 valence electrons. The maximum Gasteiger partial charge on any atom is 0.319 e. The van der Waals surface area contributed by atoms with Crippen molar-refractivity contribution in [1.82, 2.24) is 5.32 Å². The van der Waals surface area contributed by atoms with Gasteiger partial charge in [0.05, 0.1) is 16.6 Å². The van der Waals surface area contributed by atoms with Crippen LogP contribution in [-0.4, -0.2) is 23.7 Å². The van der Waals surface area contributed by atoms with Gasteiger partial charge in [0.25, 0.3) is 0 Å². The number of para-hydroxylation sites is 1. The molecule has 6 heteroatoms. The van der Waals surface area contributed by atoms with Crippen LogP contribution < -0.4 is 10.6 Å². The lowest BCUT2D eigenvalue weighted by Gasteiger charge is -2.16. The summed E-state index contributed by atoms with van der Waals surface area (Å²) < 4.78 is 0. The SMILES string of the molecule is CC(C)CC(CNC(=O)Nc1ccccc1Cl)C(=O)O. The fourth-order valence-corrected chi connectivity index (χ4v) is 1.97. The summed E-state index contributed by atoms with van der Waals surface area (Å²) in [6, 6.07) is 6.38. The number of halogens is 1. The molecule has 0 aliphatic heterocycles. The van der Waals surface area contributed by atoms with Crippen molar-refractivity contribution in [1.29, 1.82) is 0 Å². The predicted molar refractivity (Wildman–Crippen MR) is 79.1 cm³/mol. The van der Waals surface area contributed by atoms with Crippen molar-refractivity contribution in [3.63, 3.8) is 0 Å². The van der Waals surface area contributed by atoms with Gasteiger partial charge in [0.2, 0.25) is 0 Å². The molecule has 0 bridgehead atoms. The Morgan fingerprint density at radius 1 is 1.30 bits per heavy atom. The third kappa shape index (κ3) is 5.48. The molecule has 0 heterocycles. The number of nitrogens with one attached hydrogen (secondary N) is 2. The molecule has 1 aromatic rings. The Labute approximate surface area is 123 Å². The number of hydrogen-bond donors (Lipinski definition) is 3. The highest BCUT2D eigenvalue weighted by molar-refractivity contribution is 6.33. The van der Waals surface area contributed by atoms with Gasteiger partial charge in [0.15, 0.2) is 0 Å². The zero-order valence-corrected chi connectivity index (χ0v) is 12.3. The summed E-state index contributed by atoms with van der Waals surface area (Å²) in [7, 11) is 0. The van der Waals surface area contributed by atoms with Crippen molar-refractivity contribution >= 4 is 29.3 Å². The van der Waals surface area contributed by atoms with Crippen molar-refractivity contribution in [2.45, 2.75) is 20.3 Å². The molecule has 0 fully saturated rings. The van der Waals surface area contributed by atoms with E-state index in [1.54, 1.807) is 24.3 Å². The zero-order chi connectivity index (χ0) is 15.1. The number of aliphatic carboxylic acids is 1. The second kappa shape index (κ2) is 7.75. The molecule has 3 N–H and O–H groups in total. The molecule has 1 atom stereocenters. The van der Waals surface area contributed by atoms with E-state index in [0.29, 0.717) is 17.1 Å². The number of amides is 2. The van der Waals surface area contributed by atoms with Crippen LogP contribution in [0.5, 0.6) is 0 Å². The minimum absolute atomic E-state index is 0.0871. The molecule has 0 aliphatic carbocycles. The highest BCUT2D eigenvalue weighted by Gasteiger charge is 2.19. The topological polar surface area (TPSA) is 78.4 Å². The number of hydrogen-bond acceptors (Lipinski definition) is 2. The van der Waals surface area contributed by atoms with Crippen LogP contribution in [0.25, 0.3) is 0 Å². The Morgan fingerprint density at radius 2 is 1.95 bits per heavy atom. The molecule has 0 spiro atoms. The molecular weight excluding hydrogens is 280 g/mol. The number of rotatable bonds is 6. The van der Waals surface area contributed by atoms with Gasteiger partial charge in [-0.1, -0.05) is 37.6 Å². The molecule has 0 radical (unpaired) electrons. The Morgan fingerprint density at radius 3 is 2.50 bits per heavy atom. The highest BCUT2D eigenvalue weighted by Crippen LogP contribution is 2.20. The fourth-order valence-electron chi connectivity index (χ4n) is 1.79. The zero-order valence-electron chi connectivity index (χ0n) is 11.5. The van der Waals surface area contributed by atoms with Crippen molar-refractivity contribution in [2.75, 3.05) is 11.9 Å². The molecule has 0 saturated heterocycles. The monoisotopic (exact) mass is 298 g/mol. The first-order valence-corrected chi connectivity index (χ1v) is 6.80. The van der Waals surface area contributed by atoms with E-state index in [4.69, 9.17) is 16.7 Å². The van der Waals surface area contributed by atoms with Gasteiger partial charge in [-0.05, 0) is 24.5 Å². The lowest BCUT2D eigenvalue weighted by atomic mass is 9.97. The molecule has 5 nitrogen and oxygen atoms in total. The van der Waals surface area contributed by atoms with E-state index < -0.39 is 17.9 Å². The van der Waals surface area contributed by atoms with E-state index in [-0.39, 0.29) is 12.5 Å². The number of carbonyl (C=O) groups is 2. The van der Waals surface area contributed by atoms with Crippen LogP contribution in [0.3, 0.4) is 0 Å². The van der Waals surface area contributed by atoms with E-state index in [1.807, 2.05) is 13.8 Å². The molecule has 0 aliphatic rings. The molecule has 0 saturated carbocycles. The predicted octanol–water partition coefficient (Wildman–Crippen LogP) is 3.21. The summed E-state index contributed by atoms with van der Waals surface area (Å²) in [6.45, 7) is 3.98. The van der Waals surface area contributed by atoms with E-state index >= 15 is 0 Å². The average Bonchev–Trinajstić information content (AvgIpc) is 2.36. The first kappa shape index (κ1) is 16.3. The Balaban J connectivity index is 2.50. The summed E-state index contributed by atoms with van der Waals surface area (Å²) in [5.74, 6) is -1.24. The number of carboxylic acids is 1. The standard InChI is InChI=1S/C14H19ClN2O3/c1-9(2)7-10(13(18)19)8-16-14(20)17-12-6-4-3-5-11(12)15/h3-6,9-10H,7-8H2,1-2H3,(H,18,19)(H2,16,17,20). The Hall–Kier alpha value is -1.75.